The summed E-state index contributed by atoms with van der Waals surface area (Å²) >= 11 is 1.24. The molecule has 0 spiro atoms. The number of para-hydroxylation sites is 3. The summed E-state index contributed by atoms with van der Waals surface area (Å²) in [5, 5.41) is 15.6. The summed E-state index contributed by atoms with van der Waals surface area (Å²) in [6.07, 6.45) is 1.71. The van der Waals surface area contributed by atoms with Crippen molar-refractivity contribution in [3.8, 4) is 17.2 Å². The van der Waals surface area contributed by atoms with Crippen LogP contribution in [-0.2, 0) is 4.79 Å². The van der Waals surface area contributed by atoms with Crippen LogP contribution >= 0.6 is 11.8 Å². The molecule has 0 saturated heterocycles. The van der Waals surface area contributed by atoms with Gasteiger partial charge in [0.1, 0.15) is 23.1 Å². The van der Waals surface area contributed by atoms with Crippen molar-refractivity contribution < 1.29 is 14.3 Å². The van der Waals surface area contributed by atoms with E-state index in [1.165, 1.54) is 16.8 Å². The second-order valence-corrected chi connectivity index (χ2v) is 9.22. The number of amidine groups is 2. The number of amides is 1. The van der Waals surface area contributed by atoms with E-state index in [4.69, 9.17) is 14.9 Å². The van der Waals surface area contributed by atoms with Crippen LogP contribution in [-0.4, -0.2) is 44.7 Å². The Bertz CT molecular complexity index is 1440. The summed E-state index contributed by atoms with van der Waals surface area (Å²) in [6.45, 7) is 6.73. The molecule has 2 aromatic carbocycles. The van der Waals surface area contributed by atoms with Crippen LogP contribution in [0.25, 0.3) is 11.8 Å². The molecular formula is C27H25N5O3S. The lowest BCUT2D eigenvalue weighted by atomic mass is 10.1. The zero-order valence-corrected chi connectivity index (χ0v) is 21.0. The Morgan fingerprint density at radius 3 is 2.58 bits per heavy atom. The minimum Gasteiger partial charge on any atom is -0.492 e. The van der Waals surface area contributed by atoms with E-state index in [-0.39, 0.29) is 18.0 Å². The van der Waals surface area contributed by atoms with Gasteiger partial charge in [-0.15, -0.1) is 0 Å². The van der Waals surface area contributed by atoms with E-state index < -0.39 is 5.91 Å². The highest BCUT2D eigenvalue weighted by molar-refractivity contribution is 8.27. The molecule has 8 nitrogen and oxygen atoms in total. The van der Waals surface area contributed by atoms with E-state index in [1.807, 2.05) is 81.4 Å². The van der Waals surface area contributed by atoms with Gasteiger partial charge in [-0.3, -0.25) is 10.2 Å². The van der Waals surface area contributed by atoms with Crippen molar-refractivity contribution in [2.45, 2.75) is 20.8 Å². The first kappa shape index (κ1) is 23.6. The number of hydrogen-bond donors (Lipinski definition) is 1. The zero-order chi connectivity index (χ0) is 25.2. The average molecular weight is 500 g/mol. The lowest BCUT2D eigenvalue weighted by Crippen LogP contribution is -2.35. The van der Waals surface area contributed by atoms with Crippen LogP contribution in [0.3, 0.4) is 0 Å². The Labute approximate surface area is 213 Å². The smallest absolute Gasteiger partial charge is 0.283 e. The van der Waals surface area contributed by atoms with Crippen LogP contribution < -0.4 is 9.47 Å². The van der Waals surface area contributed by atoms with Gasteiger partial charge in [0.05, 0.1) is 17.9 Å². The van der Waals surface area contributed by atoms with Crippen molar-refractivity contribution in [1.82, 2.24) is 9.58 Å². The van der Waals surface area contributed by atoms with E-state index in [2.05, 4.69) is 14.7 Å². The SMILES string of the molecule is CCOc1ccccc1-n1c(C)cc(/C=C2/C(=N)N3N=C(COc4ccccc4)SC3=NC2=O)c1C. The molecule has 0 unspecified atom stereocenters. The Morgan fingerprint density at radius 2 is 1.81 bits per heavy atom. The fourth-order valence-electron chi connectivity index (χ4n) is 4.13. The number of hydrazone groups is 1. The molecule has 3 aromatic rings. The van der Waals surface area contributed by atoms with Gasteiger partial charge in [-0.2, -0.15) is 15.1 Å². The quantitative estimate of drug-likeness (QED) is 0.452. The van der Waals surface area contributed by atoms with Crippen LogP contribution in [0, 0.1) is 19.3 Å². The summed E-state index contributed by atoms with van der Waals surface area (Å²) in [7, 11) is 0. The lowest BCUT2D eigenvalue weighted by molar-refractivity contribution is -0.114. The zero-order valence-electron chi connectivity index (χ0n) is 20.2. The van der Waals surface area contributed by atoms with E-state index in [9.17, 15) is 4.79 Å². The van der Waals surface area contributed by atoms with Crippen LogP contribution in [0.1, 0.15) is 23.9 Å². The number of thioether (sulfide) groups is 1. The number of aromatic nitrogens is 1. The largest absolute Gasteiger partial charge is 0.492 e. The van der Waals surface area contributed by atoms with Gasteiger partial charge >= 0.3 is 0 Å². The van der Waals surface area contributed by atoms with Crippen molar-refractivity contribution in [2.24, 2.45) is 10.1 Å². The number of aliphatic imine (C=N–C) groups is 1. The number of carbonyl (C=O) groups is 1. The Balaban J connectivity index is 1.42. The van der Waals surface area contributed by atoms with Gasteiger partial charge in [0.15, 0.2) is 5.84 Å². The number of hydrogen-bond acceptors (Lipinski definition) is 6. The number of benzene rings is 2. The Kier molecular flexibility index (Phi) is 6.47. The molecule has 0 saturated carbocycles. The molecule has 0 bridgehead atoms. The maximum atomic E-state index is 12.9. The number of aryl methyl sites for hydroxylation is 1. The molecule has 0 radical (unpaired) electrons. The average Bonchev–Trinajstić information content (AvgIpc) is 3.41. The molecule has 36 heavy (non-hydrogen) atoms. The summed E-state index contributed by atoms with van der Waals surface area (Å²) in [5.41, 5.74) is 3.85. The first-order valence-corrected chi connectivity index (χ1v) is 12.4. The summed E-state index contributed by atoms with van der Waals surface area (Å²) in [4.78, 5) is 17.1. The van der Waals surface area contributed by atoms with Gasteiger partial charge in [0, 0.05) is 11.4 Å². The number of fused-ring (bicyclic) bond motifs is 1. The summed E-state index contributed by atoms with van der Waals surface area (Å²) in [6, 6.07) is 19.3. The van der Waals surface area contributed by atoms with Gasteiger partial charge in [-0.1, -0.05) is 30.3 Å². The Hall–Kier alpha value is -4.11. The molecule has 1 N–H and O–H groups in total. The maximum absolute atomic E-state index is 12.9. The van der Waals surface area contributed by atoms with Gasteiger partial charge in [0.2, 0.25) is 5.17 Å². The number of nitrogens with one attached hydrogen (secondary N) is 1. The Morgan fingerprint density at radius 1 is 1.06 bits per heavy atom. The second kappa shape index (κ2) is 9.87. The standard InChI is InChI=1S/C27H25N5O3S/c1-4-34-23-13-9-8-12-22(23)31-17(2)14-19(18(31)3)15-21-25(28)32-27(29-26(21)33)36-24(30-32)16-35-20-10-6-5-7-11-20/h5-15,28H,4,16H2,1-3H3/b21-15-,28-25?. The summed E-state index contributed by atoms with van der Waals surface area (Å²) in [5.74, 6) is 1.04. The van der Waals surface area contributed by atoms with E-state index in [1.54, 1.807) is 6.08 Å². The predicted molar refractivity (Wildman–Crippen MR) is 143 cm³/mol. The normalized spacial score (nSPS) is 16.2. The van der Waals surface area contributed by atoms with Crippen molar-refractivity contribution in [1.29, 1.82) is 5.41 Å². The van der Waals surface area contributed by atoms with Crippen LogP contribution in [0.4, 0.5) is 0 Å². The molecule has 0 fully saturated rings. The molecule has 1 amide bonds. The number of rotatable bonds is 7. The highest BCUT2D eigenvalue weighted by Gasteiger charge is 2.36. The monoisotopic (exact) mass is 499 g/mol. The van der Waals surface area contributed by atoms with Gasteiger partial charge in [-0.25, -0.2) is 0 Å². The van der Waals surface area contributed by atoms with Crippen LogP contribution in [0.2, 0.25) is 0 Å². The lowest BCUT2D eigenvalue weighted by Gasteiger charge is -2.20. The second-order valence-electron chi connectivity index (χ2n) is 8.18. The first-order valence-electron chi connectivity index (χ1n) is 11.5. The van der Waals surface area contributed by atoms with Crippen molar-refractivity contribution >= 4 is 39.8 Å². The van der Waals surface area contributed by atoms with Crippen molar-refractivity contribution in [3.63, 3.8) is 0 Å². The van der Waals surface area contributed by atoms with Gasteiger partial charge in [-0.05, 0) is 74.5 Å². The first-order chi connectivity index (χ1) is 17.5. The number of carbonyl (C=O) groups excluding carboxylic acids is 1. The van der Waals surface area contributed by atoms with E-state index in [0.717, 1.165) is 34.1 Å². The number of ether oxygens (including phenoxy) is 2. The van der Waals surface area contributed by atoms with E-state index >= 15 is 0 Å². The third-order valence-electron chi connectivity index (χ3n) is 5.78. The molecule has 0 aliphatic carbocycles. The van der Waals surface area contributed by atoms with Crippen molar-refractivity contribution in [3.05, 3.63) is 83.2 Å². The number of nitrogens with zero attached hydrogens (tertiary/aromatic N) is 4. The topological polar surface area (TPSA) is 92.3 Å². The van der Waals surface area contributed by atoms with Gasteiger partial charge in [0.25, 0.3) is 5.91 Å². The van der Waals surface area contributed by atoms with Crippen molar-refractivity contribution in [2.75, 3.05) is 13.2 Å². The molecule has 9 heteroatoms. The maximum Gasteiger partial charge on any atom is 0.283 e. The fourth-order valence-corrected chi connectivity index (χ4v) is 4.93. The molecule has 182 valence electrons. The highest BCUT2D eigenvalue weighted by atomic mass is 32.2. The molecule has 0 atom stereocenters. The molecular weight excluding hydrogens is 474 g/mol. The minimum absolute atomic E-state index is 0.00766. The molecule has 5 rings (SSSR count). The highest BCUT2D eigenvalue weighted by Crippen LogP contribution is 2.32. The molecule has 2 aliphatic rings. The van der Waals surface area contributed by atoms with Crippen LogP contribution in [0.5, 0.6) is 11.5 Å². The minimum atomic E-state index is -0.460. The third kappa shape index (κ3) is 4.45. The molecule has 1 aromatic heterocycles. The van der Waals surface area contributed by atoms with Crippen LogP contribution in [0.15, 0.2) is 76.3 Å². The van der Waals surface area contributed by atoms with E-state index in [0.29, 0.717) is 16.8 Å². The predicted octanol–water partition coefficient (Wildman–Crippen LogP) is 5.19. The molecule has 2 aliphatic heterocycles. The summed E-state index contributed by atoms with van der Waals surface area (Å²) < 4.78 is 13.7. The molecule has 3 heterocycles. The fraction of sp³-hybridized carbons (Fsp3) is 0.185. The third-order valence-corrected chi connectivity index (χ3v) is 6.66. The van der Waals surface area contributed by atoms with Gasteiger partial charge < -0.3 is 14.0 Å².